The number of nitrogens with two attached hydrogens (primary N) is 1. The third-order valence-corrected chi connectivity index (χ3v) is 3.36. The lowest BCUT2D eigenvalue weighted by Gasteiger charge is -2.16. The number of hydrogen-bond donors (Lipinski definition) is 1. The molecule has 0 aliphatic carbocycles. The maximum absolute atomic E-state index is 5.98. The highest BCUT2D eigenvalue weighted by molar-refractivity contribution is 5.42. The van der Waals surface area contributed by atoms with Crippen molar-refractivity contribution in [3.63, 3.8) is 0 Å². The van der Waals surface area contributed by atoms with E-state index in [9.17, 15) is 0 Å². The van der Waals surface area contributed by atoms with Gasteiger partial charge >= 0.3 is 0 Å². The Morgan fingerprint density at radius 2 is 1.90 bits per heavy atom. The van der Waals surface area contributed by atoms with Crippen LogP contribution in [0.1, 0.15) is 29.7 Å². The second kappa shape index (κ2) is 6.44. The summed E-state index contributed by atoms with van der Waals surface area (Å²) in [6.45, 7) is 4.55. The first-order chi connectivity index (χ1) is 9.61. The predicted octanol–water partition coefficient (Wildman–Crippen LogP) is 3.60. The van der Waals surface area contributed by atoms with Crippen molar-refractivity contribution >= 4 is 0 Å². The van der Waals surface area contributed by atoms with E-state index >= 15 is 0 Å². The van der Waals surface area contributed by atoms with Gasteiger partial charge < -0.3 is 15.2 Å². The molecule has 0 aliphatic rings. The molecule has 0 aromatic heterocycles. The van der Waals surface area contributed by atoms with E-state index in [2.05, 4.69) is 19.1 Å². The molecule has 0 heterocycles. The number of hydrogen-bond acceptors (Lipinski definition) is 3. The van der Waals surface area contributed by atoms with Crippen molar-refractivity contribution in [2.24, 2.45) is 5.73 Å². The van der Waals surface area contributed by atoms with Crippen LogP contribution in [-0.4, -0.2) is 7.11 Å². The maximum Gasteiger partial charge on any atom is 0.128 e. The SMILES string of the molecule is COc1ccc(C(C)N)c(OCc2ccccc2C)c1. The fraction of sp³-hybridized carbons (Fsp3) is 0.294. The molecule has 0 fully saturated rings. The van der Waals surface area contributed by atoms with E-state index in [1.807, 2.05) is 37.3 Å². The van der Waals surface area contributed by atoms with Crippen LogP contribution in [0.3, 0.4) is 0 Å². The standard InChI is InChI=1S/C17H21NO2/c1-12-6-4-5-7-14(12)11-20-17-10-15(19-3)8-9-16(17)13(2)18/h4-10,13H,11,18H2,1-3H3. The van der Waals surface area contributed by atoms with Gasteiger partial charge in [0.15, 0.2) is 0 Å². The molecular weight excluding hydrogens is 250 g/mol. The maximum atomic E-state index is 5.98. The van der Waals surface area contributed by atoms with Gasteiger partial charge in [0, 0.05) is 17.7 Å². The quantitative estimate of drug-likeness (QED) is 0.903. The van der Waals surface area contributed by atoms with E-state index < -0.39 is 0 Å². The second-order valence-electron chi connectivity index (χ2n) is 4.91. The predicted molar refractivity (Wildman–Crippen MR) is 81.1 cm³/mol. The molecule has 1 unspecified atom stereocenters. The lowest BCUT2D eigenvalue weighted by atomic mass is 10.1. The Hall–Kier alpha value is -2.00. The average Bonchev–Trinajstić information content (AvgIpc) is 2.46. The molecule has 2 aromatic carbocycles. The van der Waals surface area contributed by atoms with Crippen molar-refractivity contribution in [2.45, 2.75) is 26.5 Å². The number of methoxy groups -OCH3 is 1. The molecule has 2 N–H and O–H groups in total. The molecule has 2 aromatic rings. The van der Waals surface area contributed by atoms with Crippen LogP contribution in [-0.2, 0) is 6.61 Å². The van der Waals surface area contributed by atoms with Crippen molar-refractivity contribution in [1.82, 2.24) is 0 Å². The van der Waals surface area contributed by atoms with Gasteiger partial charge in [-0.2, -0.15) is 0 Å². The average molecular weight is 271 g/mol. The monoisotopic (exact) mass is 271 g/mol. The minimum absolute atomic E-state index is 0.0761. The highest BCUT2D eigenvalue weighted by Crippen LogP contribution is 2.29. The number of aryl methyl sites for hydroxylation is 1. The first-order valence-corrected chi connectivity index (χ1v) is 6.72. The normalized spacial score (nSPS) is 12.0. The van der Waals surface area contributed by atoms with Gasteiger partial charge in [-0.25, -0.2) is 0 Å². The molecule has 2 rings (SSSR count). The molecule has 20 heavy (non-hydrogen) atoms. The molecule has 0 saturated heterocycles. The minimum atomic E-state index is -0.0761. The van der Waals surface area contributed by atoms with E-state index in [-0.39, 0.29) is 6.04 Å². The van der Waals surface area contributed by atoms with E-state index in [0.717, 1.165) is 17.1 Å². The lowest BCUT2D eigenvalue weighted by molar-refractivity contribution is 0.298. The van der Waals surface area contributed by atoms with Crippen molar-refractivity contribution in [1.29, 1.82) is 0 Å². The molecule has 0 saturated carbocycles. The zero-order valence-corrected chi connectivity index (χ0v) is 12.2. The fourth-order valence-electron chi connectivity index (χ4n) is 2.07. The molecule has 0 amide bonds. The van der Waals surface area contributed by atoms with E-state index in [0.29, 0.717) is 6.61 Å². The highest BCUT2D eigenvalue weighted by atomic mass is 16.5. The molecule has 0 radical (unpaired) electrons. The molecule has 0 aliphatic heterocycles. The Kier molecular flexibility index (Phi) is 4.64. The molecule has 0 bridgehead atoms. The third kappa shape index (κ3) is 3.31. The smallest absolute Gasteiger partial charge is 0.128 e. The van der Waals surface area contributed by atoms with Crippen LogP contribution in [0.5, 0.6) is 11.5 Å². The summed E-state index contributed by atoms with van der Waals surface area (Å²) in [5.41, 5.74) is 9.36. The van der Waals surface area contributed by atoms with Crippen LogP contribution < -0.4 is 15.2 Å². The summed E-state index contributed by atoms with van der Waals surface area (Å²) in [5, 5.41) is 0. The Morgan fingerprint density at radius 1 is 1.15 bits per heavy atom. The summed E-state index contributed by atoms with van der Waals surface area (Å²) in [6.07, 6.45) is 0. The summed E-state index contributed by atoms with van der Waals surface area (Å²) in [7, 11) is 1.64. The number of rotatable bonds is 5. The van der Waals surface area contributed by atoms with Crippen molar-refractivity contribution < 1.29 is 9.47 Å². The van der Waals surface area contributed by atoms with Gasteiger partial charge in [-0.15, -0.1) is 0 Å². The van der Waals surface area contributed by atoms with Crippen LogP contribution in [0, 0.1) is 6.92 Å². The van der Waals surface area contributed by atoms with E-state index in [4.69, 9.17) is 15.2 Å². The molecule has 0 spiro atoms. The highest BCUT2D eigenvalue weighted by Gasteiger charge is 2.10. The minimum Gasteiger partial charge on any atom is -0.497 e. The number of ether oxygens (including phenoxy) is 2. The zero-order chi connectivity index (χ0) is 14.5. The van der Waals surface area contributed by atoms with Crippen molar-refractivity contribution in [2.75, 3.05) is 7.11 Å². The van der Waals surface area contributed by atoms with Crippen LogP contribution >= 0.6 is 0 Å². The van der Waals surface area contributed by atoms with Crippen LogP contribution in [0.15, 0.2) is 42.5 Å². The topological polar surface area (TPSA) is 44.5 Å². The van der Waals surface area contributed by atoms with Gasteiger partial charge in [0.05, 0.1) is 7.11 Å². The first-order valence-electron chi connectivity index (χ1n) is 6.72. The Labute approximate surface area is 120 Å². The summed E-state index contributed by atoms with van der Waals surface area (Å²) in [4.78, 5) is 0. The third-order valence-electron chi connectivity index (χ3n) is 3.36. The summed E-state index contributed by atoms with van der Waals surface area (Å²) >= 11 is 0. The summed E-state index contributed by atoms with van der Waals surface area (Å²) in [5.74, 6) is 1.55. The van der Waals surface area contributed by atoms with Gasteiger partial charge in [0.1, 0.15) is 18.1 Å². The van der Waals surface area contributed by atoms with E-state index in [1.54, 1.807) is 7.11 Å². The van der Waals surface area contributed by atoms with Crippen LogP contribution in [0.4, 0.5) is 0 Å². The summed E-state index contributed by atoms with van der Waals surface area (Å²) < 4.78 is 11.2. The van der Waals surface area contributed by atoms with Gasteiger partial charge in [0.25, 0.3) is 0 Å². The Bertz CT molecular complexity index is 579. The van der Waals surface area contributed by atoms with E-state index in [1.165, 1.54) is 11.1 Å². The van der Waals surface area contributed by atoms with Crippen LogP contribution in [0.25, 0.3) is 0 Å². The largest absolute Gasteiger partial charge is 0.497 e. The second-order valence-corrected chi connectivity index (χ2v) is 4.91. The van der Waals surface area contributed by atoms with Gasteiger partial charge in [-0.3, -0.25) is 0 Å². The zero-order valence-electron chi connectivity index (χ0n) is 12.2. The molecule has 1 atom stereocenters. The Morgan fingerprint density at radius 3 is 2.55 bits per heavy atom. The molecule has 3 heteroatoms. The van der Waals surface area contributed by atoms with Crippen LogP contribution in [0.2, 0.25) is 0 Å². The summed E-state index contributed by atoms with van der Waals surface area (Å²) in [6, 6.07) is 13.9. The molecular formula is C17H21NO2. The Balaban J connectivity index is 2.21. The van der Waals surface area contributed by atoms with Gasteiger partial charge in [-0.05, 0) is 31.0 Å². The lowest BCUT2D eigenvalue weighted by Crippen LogP contribution is -2.08. The molecule has 106 valence electrons. The van der Waals surface area contributed by atoms with Crippen molar-refractivity contribution in [3.8, 4) is 11.5 Å². The fourth-order valence-corrected chi connectivity index (χ4v) is 2.07. The van der Waals surface area contributed by atoms with Gasteiger partial charge in [0.2, 0.25) is 0 Å². The molecule has 3 nitrogen and oxygen atoms in total. The first kappa shape index (κ1) is 14.4. The van der Waals surface area contributed by atoms with Crippen molar-refractivity contribution in [3.05, 3.63) is 59.2 Å². The van der Waals surface area contributed by atoms with Gasteiger partial charge in [-0.1, -0.05) is 30.3 Å². The number of benzene rings is 2.